The number of carbonyl (C=O) groups is 1. The molecule has 1 atom stereocenters. The van der Waals surface area contributed by atoms with Gasteiger partial charge in [0, 0.05) is 11.8 Å². The van der Waals surface area contributed by atoms with E-state index in [4.69, 9.17) is 0 Å². The van der Waals surface area contributed by atoms with Crippen molar-refractivity contribution < 1.29 is 13.2 Å². The molecular formula is C21H20N2O3S. The second-order valence-electron chi connectivity index (χ2n) is 6.15. The van der Waals surface area contributed by atoms with Gasteiger partial charge in [-0.2, -0.15) is 0 Å². The summed E-state index contributed by atoms with van der Waals surface area (Å²) in [5, 5.41) is 0. The minimum absolute atomic E-state index is 0.110. The van der Waals surface area contributed by atoms with Gasteiger partial charge in [0.1, 0.15) is 0 Å². The molecule has 138 valence electrons. The Morgan fingerprint density at radius 2 is 1.56 bits per heavy atom. The summed E-state index contributed by atoms with van der Waals surface area (Å²) in [5.41, 5.74) is 1.66. The zero-order valence-electron chi connectivity index (χ0n) is 15.1. The molecule has 1 heterocycles. The average Bonchev–Trinajstić information content (AvgIpc) is 2.69. The quantitative estimate of drug-likeness (QED) is 0.600. The van der Waals surface area contributed by atoms with Crippen LogP contribution in [-0.4, -0.2) is 19.2 Å². The molecule has 0 aliphatic rings. The number of carbonyl (C=O) groups excluding carboxylic acids is 1. The van der Waals surface area contributed by atoms with Gasteiger partial charge >= 0.3 is 0 Å². The Morgan fingerprint density at radius 3 is 2.11 bits per heavy atom. The van der Waals surface area contributed by atoms with Crippen molar-refractivity contribution in [2.75, 3.05) is 4.31 Å². The molecular weight excluding hydrogens is 360 g/mol. The number of hydrogen-bond acceptors (Lipinski definition) is 4. The summed E-state index contributed by atoms with van der Waals surface area (Å²) in [6.45, 7) is 3.25. The molecule has 0 aliphatic carbocycles. The molecule has 1 unspecified atom stereocenters. The van der Waals surface area contributed by atoms with Gasteiger partial charge in [-0.1, -0.05) is 36.4 Å². The van der Waals surface area contributed by atoms with Crippen molar-refractivity contribution in [3.05, 3.63) is 90.3 Å². The van der Waals surface area contributed by atoms with Crippen LogP contribution in [0.5, 0.6) is 0 Å². The van der Waals surface area contributed by atoms with E-state index in [1.165, 1.54) is 35.5 Å². The third kappa shape index (κ3) is 3.90. The van der Waals surface area contributed by atoms with E-state index < -0.39 is 16.1 Å². The van der Waals surface area contributed by atoms with Crippen LogP contribution < -0.4 is 4.31 Å². The van der Waals surface area contributed by atoms with Gasteiger partial charge in [0.15, 0.2) is 5.78 Å². The van der Waals surface area contributed by atoms with E-state index in [1.807, 2.05) is 12.1 Å². The highest BCUT2D eigenvalue weighted by Crippen LogP contribution is 2.32. The van der Waals surface area contributed by atoms with Crippen molar-refractivity contribution in [1.29, 1.82) is 0 Å². The largest absolute Gasteiger partial charge is 0.295 e. The van der Waals surface area contributed by atoms with E-state index in [-0.39, 0.29) is 10.7 Å². The van der Waals surface area contributed by atoms with Crippen LogP contribution in [0.4, 0.5) is 5.69 Å². The zero-order chi connectivity index (χ0) is 19.4. The molecule has 5 nitrogen and oxygen atoms in total. The molecule has 2 aromatic carbocycles. The molecule has 0 fully saturated rings. The highest BCUT2D eigenvalue weighted by atomic mass is 32.2. The summed E-state index contributed by atoms with van der Waals surface area (Å²) in [4.78, 5) is 15.9. The number of pyridine rings is 1. The number of Topliss-reactive ketones (excluding diaryl/α,β-unsaturated/α-hetero) is 1. The Balaban J connectivity index is 2.10. The number of hydrogen-bond donors (Lipinski definition) is 0. The molecule has 3 aromatic rings. The van der Waals surface area contributed by atoms with Crippen molar-refractivity contribution in [3.8, 4) is 0 Å². The third-order valence-electron chi connectivity index (χ3n) is 4.30. The summed E-state index contributed by atoms with van der Waals surface area (Å²) in [5.74, 6) is -0.110. The Kier molecular flexibility index (Phi) is 5.37. The molecule has 1 aromatic heterocycles. The fourth-order valence-corrected chi connectivity index (χ4v) is 4.49. The van der Waals surface area contributed by atoms with Crippen molar-refractivity contribution in [3.63, 3.8) is 0 Å². The van der Waals surface area contributed by atoms with Gasteiger partial charge in [0.25, 0.3) is 10.0 Å². The molecule has 6 heteroatoms. The maximum Gasteiger partial charge on any atom is 0.264 e. The summed E-state index contributed by atoms with van der Waals surface area (Å²) < 4.78 is 28.2. The van der Waals surface area contributed by atoms with Crippen LogP contribution in [-0.2, 0) is 10.0 Å². The fraction of sp³-hybridized carbons (Fsp3) is 0.143. The van der Waals surface area contributed by atoms with Crippen molar-refractivity contribution >= 4 is 21.5 Å². The maximum absolute atomic E-state index is 13.4. The molecule has 0 saturated carbocycles. The maximum atomic E-state index is 13.4. The molecule has 3 rings (SSSR count). The minimum atomic E-state index is -3.86. The van der Waals surface area contributed by atoms with Crippen LogP contribution in [0.25, 0.3) is 0 Å². The van der Waals surface area contributed by atoms with Gasteiger partial charge < -0.3 is 0 Å². The lowest BCUT2D eigenvalue weighted by atomic mass is 10.2. The van der Waals surface area contributed by atoms with Crippen molar-refractivity contribution in [2.45, 2.75) is 24.8 Å². The number of ketones is 1. The predicted molar refractivity (Wildman–Crippen MR) is 105 cm³/mol. The number of sulfonamides is 1. The van der Waals surface area contributed by atoms with E-state index in [0.717, 1.165) is 0 Å². The first-order chi connectivity index (χ1) is 12.9. The smallest absolute Gasteiger partial charge is 0.264 e. The van der Waals surface area contributed by atoms with Crippen LogP contribution in [0.15, 0.2) is 83.9 Å². The molecule has 0 aliphatic heterocycles. The Morgan fingerprint density at radius 1 is 0.926 bits per heavy atom. The Hall–Kier alpha value is -2.99. The lowest BCUT2D eigenvalue weighted by Crippen LogP contribution is -2.34. The van der Waals surface area contributed by atoms with E-state index in [1.54, 1.807) is 49.5 Å². The molecule has 0 amide bonds. The normalized spacial score (nSPS) is 12.4. The van der Waals surface area contributed by atoms with Crippen LogP contribution in [0.2, 0.25) is 0 Å². The van der Waals surface area contributed by atoms with Crippen LogP contribution >= 0.6 is 0 Å². The van der Waals surface area contributed by atoms with Gasteiger partial charge in [-0.05, 0) is 50.2 Å². The molecule has 0 radical (unpaired) electrons. The van der Waals surface area contributed by atoms with Crippen molar-refractivity contribution in [1.82, 2.24) is 4.98 Å². The lowest BCUT2D eigenvalue weighted by Gasteiger charge is -2.30. The zero-order valence-corrected chi connectivity index (χ0v) is 15.9. The highest BCUT2D eigenvalue weighted by molar-refractivity contribution is 7.92. The summed E-state index contributed by atoms with van der Waals surface area (Å²) in [7, 11) is -3.86. The second kappa shape index (κ2) is 7.72. The first kappa shape index (κ1) is 18.8. The Labute approximate surface area is 159 Å². The number of benzene rings is 2. The van der Waals surface area contributed by atoms with E-state index >= 15 is 0 Å². The van der Waals surface area contributed by atoms with Crippen LogP contribution in [0.3, 0.4) is 0 Å². The van der Waals surface area contributed by atoms with Gasteiger partial charge in [0.2, 0.25) is 0 Å². The first-order valence-electron chi connectivity index (χ1n) is 8.52. The number of aromatic nitrogens is 1. The highest BCUT2D eigenvalue weighted by Gasteiger charge is 2.31. The molecule has 0 bridgehead atoms. The minimum Gasteiger partial charge on any atom is -0.295 e. The summed E-state index contributed by atoms with van der Waals surface area (Å²) in [6.07, 6.45) is 1.64. The fourth-order valence-electron chi connectivity index (χ4n) is 2.86. The topological polar surface area (TPSA) is 67.3 Å². The van der Waals surface area contributed by atoms with Crippen molar-refractivity contribution in [2.24, 2.45) is 0 Å². The van der Waals surface area contributed by atoms with Gasteiger partial charge in [-0.25, -0.2) is 8.42 Å². The first-order valence-corrected chi connectivity index (χ1v) is 9.96. The van der Waals surface area contributed by atoms with E-state index in [9.17, 15) is 13.2 Å². The third-order valence-corrected chi connectivity index (χ3v) is 6.21. The van der Waals surface area contributed by atoms with E-state index in [0.29, 0.717) is 16.9 Å². The van der Waals surface area contributed by atoms with E-state index in [2.05, 4.69) is 4.98 Å². The summed E-state index contributed by atoms with van der Waals surface area (Å²) in [6, 6.07) is 19.8. The molecule has 0 spiro atoms. The van der Waals surface area contributed by atoms with Gasteiger partial charge in [-0.15, -0.1) is 0 Å². The SMILES string of the molecule is CC(=O)c1ccc(S(=O)(=O)N(c2ccccc2)C(C)c2ccccn2)cc1. The number of nitrogens with zero attached hydrogens (tertiary/aromatic N) is 2. The average molecular weight is 380 g/mol. The molecule has 0 saturated heterocycles. The summed E-state index contributed by atoms with van der Waals surface area (Å²) >= 11 is 0. The second-order valence-corrected chi connectivity index (χ2v) is 7.96. The predicted octanol–water partition coefficient (Wildman–Crippen LogP) is 4.24. The number of para-hydroxylation sites is 1. The van der Waals surface area contributed by atoms with Gasteiger partial charge in [-0.3, -0.25) is 14.1 Å². The van der Waals surface area contributed by atoms with Crippen LogP contribution in [0.1, 0.15) is 35.9 Å². The Bertz CT molecular complexity index is 1020. The molecule has 27 heavy (non-hydrogen) atoms. The van der Waals surface area contributed by atoms with Gasteiger partial charge in [0.05, 0.1) is 22.3 Å². The molecule has 0 N–H and O–H groups in total. The standard InChI is InChI=1S/C21H20N2O3S/c1-16(21-10-6-7-15-22-21)23(19-8-4-3-5-9-19)27(25,26)20-13-11-18(12-14-20)17(2)24/h3-16H,1-2H3. The number of rotatable bonds is 6. The van der Waals surface area contributed by atoms with Crippen LogP contribution in [0, 0.1) is 0 Å². The monoisotopic (exact) mass is 380 g/mol. The lowest BCUT2D eigenvalue weighted by molar-refractivity contribution is 0.101. The number of anilines is 1.